The van der Waals surface area contributed by atoms with Crippen LogP contribution in [0.15, 0.2) is 0 Å². The van der Waals surface area contributed by atoms with E-state index in [2.05, 4.69) is 0 Å². The number of nitrogens with zero attached hydrogens (tertiary/aromatic N) is 1. The van der Waals surface area contributed by atoms with Crippen LogP contribution in [0.3, 0.4) is 0 Å². The van der Waals surface area contributed by atoms with E-state index >= 15 is 0 Å². The van der Waals surface area contributed by atoms with E-state index in [1.165, 1.54) is 0 Å². The molecule has 1 rings (SSSR count). The third kappa shape index (κ3) is 2.84. The van der Waals surface area contributed by atoms with Gasteiger partial charge in [0, 0.05) is 19.0 Å². The second kappa shape index (κ2) is 4.91. The summed E-state index contributed by atoms with van der Waals surface area (Å²) in [5, 5.41) is 1.89. The first-order valence-electron chi connectivity index (χ1n) is 3.45. The predicted molar refractivity (Wildman–Crippen MR) is 39.1 cm³/mol. The number of morpholine rings is 1. The van der Waals surface area contributed by atoms with Crippen molar-refractivity contribution >= 4 is 11.6 Å². The molecule has 10 heavy (non-hydrogen) atoms. The van der Waals surface area contributed by atoms with Crippen LogP contribution in [0.2, 0.25) is 0 Å². The lowest BCUT2D eigenvalue weighted by atomic mass is 10.5. The summed E-state index contributed by atoms with van der Waals surface area (Å²) in [6.07, 6.45) is 0. The lowest BCUT2D eigenvalue weighted by Gasteiger charge is -2.25. The SMILES string of the molecule is ClCCON1CCOCC1. The van der Waals surface area contributed by atoms with Crippen LogP contribution in [0.25, 0.3) is 0 Å². The molecule has 0 aromatic heterocycles. The van der Waals surface area contributed by atoms with Gasteiger partial charge in [-0.1, -0.05) is 0 Å². The van der Waals surface area contributed by atoms with Crippen LogP contribution in [0, 0.1) is 0 Å². The van der Waals surface area contributed by atoms with E-state index in [1.54, 1.807) is 0 Å². The molecule has 0 unspecified atom stereocenters. The number of hydrogen-bond acceptors (Lipinski definition) is 3. The van der Waals surface area contributed by atoms with Crippen LogP contribution in [-0.4, -0.2) is 43.9 Å². The first-order chi connectivity index (χ1) is 4.93. The lowest BCUT2D eigenvalue weighted by molar-refractivity contribution is -0.189. The molecule has 0 N–H and O–H groups in total. The molecule has 1 aliphatic rings. The van der Waals surface area contributed by atoms with Crippen LogP contribution in [0.5, 0.6) is 0 Å². The molecule has 0 saturated carbocycles. The van der Waals surface area contributed by atoms with E-state index in [0.29, 0.717) is 12.5 Å². The molecule has 3 nitrogen and oxygen atoms in total. The summed E-state index contributed by atoms with van der Waals surface area (Å²) in [6, 6.07) is 0. The van der Waals surface area contributed by atoms with E-state index in [4.69, 9.17) is 21.2 Å². The first-order valence-corrected chi connectivity index (χ1v) is 3.98. The van der Waals surface area contributed by atoms with Gasteiger partial charge in [0.2, 0.25) is 0 Å². The molecule has 0 atom stereocenters. The zero-order valence-electron chi connectivity index (χ0n) is 5.88. The number of hydroxylamine groups is 2. The third-order valence-corrected chi connectivity index (χ3v) is 1.48. The van der Waals surface area contributed by atoms with Crippen LogP contribution in [0.4, 0.5) is 0 Å². The number of alkyl halides is 1. The van der Waals surface area contributed by atoms with Crippen molar-refractivity contribution in [2.45, 2.75) is 0 Å². The van der Waals surface area contributed by atoms with Crippen molar-refractivity contribution in [1.29, 1.82) is 0 Å². The Kier molecular flexibility index (Phi) is 4.06. The summed E-state index contributed by atoms with van der Waals surface area (Å²) < 4.78 is 5.13. The highest BCUT2D eigenvalue weighted by Crippen LogP contribution is 1.96. The topological polar surface area (TPSA) is 21.7 Å². The van der Waals surface area contributed by atoms with Crippen molar-refractivity contribution in [3.63, 3.8) is 0 Å². The summed E-state index contributed by atoms with van der Waals surface area (Å²) >= 11 is 5.44. The maximum absolute atomic E-state index is 5.44. The molecule has 0 radical (unpaired) electrons. The smallest absolute Gasteiger partial charge is 0.0820 e. The van der Waals surface area contributed by atoms with Gasteiger partial charge in [0.05, 0.1) is 19.8 Å². The zero-order chi connectivity index (χ0) is 7.23. The van der Waals surface area contributed by atoms with Gasteiger partial charge < -0.3 is 4.74 Å². The second-order valence-electron chi connectivity index (χ2n) is 2.06. The lowest BCUT2D eigenvalue weighted by Crippen LogP contribution is -2.36. The Bertz CT molecular complexity index is 85.8. The minimum Gasteiger partial charge on any atom is -0.379 e. The Morgan fingerprint density at radius 3 is 2.70 bits per heavy atom. The highest BCUT2D eigenvalue weighted by molar-refractivity contribution is 6.17. The normalized spacial score (nSPS) is 21.3. The number of halogens is 1. The van der Waals surface area contributed by atoms with Crippen LogP contribution in [-0.2, 0) is 9.57 Å². The summed E-state index contributed by atoms with van der Waals surface area (Å²) in [5.74, 6) is 0.553. The summed E-state index contributed by atoms with van der Waals surface area (Å²) in [7, 11) is 0. The average molecular weight is 166 g/mol. The molecular formula is C6H12ClNO2. The van der Waals surface area contributed by atoms with Gasteiger partial charge >= 0.3 is 0 Å². The van der Waals surface area contributed by atoms with Gasteiger partial charge in [-0.3, -0.25) is 4.84 Å². The van der Waals surface area contributed by atoms with Gasteiger partial charge in [-0.2, -0.15) is 5.06 Å². The van der Waals surface area contributed by atoms with Crippen LogP contribution >= 0.6 is 11.6 Å². The molecule has 1 saturated heterocycles. The summed E-state index contributed by atoms with van der Waals surface area (Å²) in [6.45, 7) is 3.85. The van der Waals surface area contributed by atoms with Crippen molar-refractivity contribution in [1.82, 2.24) is 5.06 Å². The molecule has 0 bridgehead atoms. The van der Waals surface area contributed by atoms with Crippen LogP contribution in [0.1, 0.15) is 0 Å². The molecule has 60 valence electrons. The molecule has 1 aliphatic heterocycles. The largest absolute Gasteiger partial charge is 0.379 e. The van der Waals surface area contributed by atoms with Gasteiger partial charge in [0.25, 0.3) is 0 Å². The summed E-state index contributed by atoms with van der Waals surface area (Å²) in [4.78, 5) is 5.25. The van der Waals surface area contributed by atoms with Gasteiger partial charge in [0.15, 0.2) is 0 Å². The standard InChI is InChI=1S/C6H12ClNO2/c7-1-4-10-8-2-5-9-6-3-8/h1-6H2. The van der Waals surface area contributed by atoms with Crippen molar-refractivity contribution in [2.24, 2.45) is 0 Å². The minimum absolute atomic E-state index is 0.553. The maximum Gasteiger partial charge on any atom is 0.0820 e. The van der Waals surface area contributed by atoms with E-state index in [-0.39, 0.29) is 0 Å². The number of hydrogen-bond donors (Lipinski definition) is 0. The molecule has 0 aromatic carbocycles. The van der Waals surface area contributed by atoms with Gasteiger partial charge in [0.1, 0.15) is 0 Å². The van der Waals surface area contributed by atoms with E-state index in [1.807, 2.05) is 5.06 Å². The minimum atomic E-state index is 0.553. The van der Waals surface area contributed by atoms with E-state index < -0.39 is 0 Å². The van der Waals surface area contributed by atoms with Gasteiger partial charge in [-0.05, 0) is 0 Å². The molecule has 0 spiro atoms. The fourth-order valence-electron chi connectivity index (χ4n) is 0.839. The predicted octanol–water partition coefficient (Wildman–Crippen LogP) is 0.489. The Morgan fingerprint density at radius 1 is 1.40 bits per heavy atom. The zero-order valence-corrected chi connectivity index (χ0v) is 6.64. The first kappa shape index (κ1) is 8.27. The van der Waals surface area contributed by atoms with Crippen molar-refractivity contribution in [3.8, 4) is 0 Å². The highest BCUT2D eigenvalue weighted by Gasteiger charge is 2.09. The highest BCUT2D eigenvalue weighted by atomic mass is 35.5. The molecule has 0 amide bonds. The maximum atomic E-state index is 5.44. The Balaban J connectivity index is 2.02. The molecule has 4 heteroatoms. The van der Waals surface area contributed by atoms with Crippen LogP contribution < -0.4 is 0 Å². The van der Waals surface area contributed by atoms with E-state index in [0.717, 1.165) is 26.3 Å². The quantitative estimate of drug-likeness (QED) is 0.569. The van der Waals surface area contributed by atoms with E-state index in [9.17, 15) is 0 Å². The van der Waals surface area contributed by atoms with Crippen molar-refractivity contribution in [2.75, 3.05) is 38.8 Å². The van der Waals surface area contributed by atoms with Gasteiger partial charge in [-0.15, -0.1) is 11.6 Å². The fourth-order valence-corrected chi connectivity index (χ4v) is 0.908. The average Bonchev–Trinajstić information content (AvgIpc) is 2.03. The van der Waals surface area contributed by atoms with Gasteiger partial charge in [-0.25, -0.2) is 0 Å². The summed E-state index contributed by atoms with van der Waals surface area (Å²) in [5.41, 5.74) is 0. The van der Waals surface area contributed by atoms with Crippen molar-refractivity contribution in [3.05, 3.63) is 0 Å². The number of ether oxygens (including phenoxy) is 1. The monoisotopic (exact) mass is 165 g/mol. The molecule has 1 fully saturated rings. The Morgan fingerprint density at radius 2 is 2.10 bits per heavy atom. The Hall–Kier alpha value is 0.170. The fraction of sp³-hybridized carbons (Fsp3) is 1.00. The third-order valence-electron chi connectivity index (χ3n) is 1.32. The van der Waals surface area contributed by atoms with Crippen molar-refractivity contribution < 1.29 is 9.57 Å². The Labute approximate surface area is 65.8 Å². The molecule has 1 heterocycles. The molecule has 0 aliphatic carbocycles. The molecule has 0 aromatic rings. The second-order valence-corrected chi connectivity index (χ2v) is 2.44. The number of rotatable bonds is 3. The molecular weight excluding hydrogens is 154 g/mol.